The molecule has 0 aromatic heterocycles. The first-order valence-electron chi connectivity index (χ1n) is 4.70. The maximum atomic E-state index is 13.2. The number of nitro groups is 1. The fraction of sp³-hybridized carbons (Fsp3) is 0.400. The fourth-order valence-electron chi connectivity index (χ4n) is 1.12. The Morgan fingerprint density at radius 3 is 2.53 bits per heavy atom. The summed E-state index contributed by atoms with van der Waals surface area (Å²) >= 11 is 0. The van der Waals surface area contributed by atoms with Gasteiger partial charge in [0.05, 0.1) is 4.92 Å². The van der Waals surface area contributed by atoms with Crippen LogP contribution >= 0.6 is 0 Å². The first-order chi connectivity index (χ1) is 8.08. The van der Waals surface area contributed by atoms with Gasteiger partial charge in [-0.1, -0.05) is 0 Å². The van der Waals surface area contributed by atoms with E-state index in [1.165, 1.54) is 20.3 Å². The third-order valence-corrected chi connectivity index (χ3v) is 2.03. The summed E-state index contributed by atoms with van der Waals surface area (Å²) in [7, 11) is 2.88. The smallest absolute Gasteiger partial charge is 0.305 e. The summed E-state index contributed by atoms with van der Waals surface area (Å²) in [5.74, 6) is -0.772. The summed E-state index contributed by atoms with van der Waals surface area (Å²) < 4.78 is 28.1. The van der Waals surface area contributed by atoms with Gasteiger partial charge >= 0.3 is 5.69 Å². The number of rotatable bonds is 6. The summed E-state index contributed by atoms with van der Waals surface area (Å²) in [5, 5.41) is 10.4. The largest absolute Gasteiger partial charge is 0.488 e. The molecule has 0 fully saturated rings. The fourth-order valence-corrected chi connectivity index (χ4v) is 1.12. The molecule has 1 aromatic carbocycles. The summed E-state index contributed by atoms with van der Waals surface area (Å²) in [6.07, 6.45) is -0.576. The zero-order valence-corrected chi connectivity index (χ0v) is 9.38. The first-order valence-corrected chi connectivity index (χ1v) is 4.70. The summed E-state index contributed by atoms with van der Waals surface area (Å²) in [6, 6.07) is 3.30. The van der Waals surface area contributed by atoms with Gasteiger partial charge in [-0.2, -0.15) is 4.39 Å². The molecule has 0 spiro atoms. The van der Waals surface area contributed by atoms with Gasteiger partial charge in [-0.15, -0.1) is 0 Å². The Kier molecular flexibility index (Phi) is 4.80. The van der Waals surface area contributed by atoms with Gasteiger partial charge in [0.15, 0.2) is 6.29 Å². The van der Waals surface area contributed by atoms with Crippen molar-refractivity contribution in [1.82, 2.24) is 0 Å². The van der Waals surface area contributed by atoms with Crippen LogP contribution in [0.5, 0.6) is 5.75 Å². The lowest BCUT2D eigenvalue weighted by molar-refractivity contribution is -0.387. The van der Waals surface area contributed by atoms with Crippen LogP contribution in [0.2, 0.25) is 0 Å². The number of halogens is 1. The number of nitro benzene ring substituents is 1. The van der Waals surface area contributed by atoms with Crippen LogP contribution in [-0.2, 0) is 9.47 Å². The van der Waals surface area contributed by atoms with Gasteiger partial charge in [0.25, 0.3) is 0 Å². The molecule has 6 nitrogen and oxygen atoms in total. The first kappa shape index (κ1) is 13.3. The number of benzene rings is 1. The van der Waals surface area contributed by atoms with Crippen molar-refractivity contribution in [1.29, 1.82) is 0 Å². The van der Waals surface area contributed by atoms with E-state index in [0.717, 1.165) is 12.1 Å². The Hall–Kier alpha value is -1.73. The molecule has 0 N–H and O–H groups in total. The minimum Gasteiger partial charge on any atom is -0.488 e. The van der Waals surface area contributed by atoms with E-state index in [-0.39, 0.29) is 12.4 Å². The molecule has 1 aromatic rings. The second kappa shape index (κ2) is 6.12. The highest BCUT2D eigenvalue weighted by atomic mass is 19.1. The van der Waals surface area contributed by atoms with Crippen LogP contribution in [0, 0.1) is 15.9 Å². The van der Waals surface area contributed by atoms with Crippen molar-refractivity contribution < 1.29 is 23.5 Å². The van der Waals surface area contributed by atoms with Crippen molar-refractivity contribution in [3.63, 3.8) is 0 Å². The van der Waals surface area contributed by atoms with E-state index in [9.17, 15) is 14.5 Å². The Bertz CT molecular complexity index is 394. The molecule has 17 heavy (non-hydrogen) atoms. The van der Waals surface area contributed by atoms with Gasteiger partial charge < -0.3 is 14.2 Å². The van der Waals surface area contributed by atoms with Crippen LogP contribution in [0.4, 0.5) is 10.1 Å². The van der Waals surface area contributed by atoms with Gasteiger partial charge in [0.1, 0.15) is 12.4 Å². The Balaban J connectivity index is 2.67. The second-order valence-electron chi connectivity index (χ2n) is 3.08. The minimum absolute atomic E-state index is 0.0598. The van der Waals surface area contributed by atoms with E-state index in [1.807, 2.05) is 0 Å². The van der Waals surface area contributed by atoms with Crippen molar-refractivity contribution in [3.8, 4) is 5.75 Å². The van der Waals surface area contributed by atoms with E-state index in [4.69, 9.17) is 14.2 Å². The molecule has 0 aliphatic heterocycles. The second-order valence-corrected chi connectivity index (χ2v) is 3.08. The Morgan fingerprint density at radius 1 is 1.41 bits per heavy atom. The number of methoxy groups -OCH3 is 2. The van der Waals surface area contributed by atoms with Crippen molar-refractivity contribution >= 4 is 5.69 Å². The lowest BCUT2D eigenvalue weighted by Gasteiger charge is -2.14. The molecule has 7 heteroatoms. The highest BCUT2D eigenvalue weighted by Crippen LogP contribution is 2.22. The van der Waals surface area contributed by atoms with Crippen LogP contribution in [0.25, 0.3) is 0 Å². The van der Waals surface area contributed by atoms with Gasteiger partial charge in [-0.3, -0.25) is 10.1 Å². The van der Waals surface area contributed by atoms with Crippen molar-refractivity contribution in [3.05, 3.63) is 34.1 Å². The van der Waals surface area contributed by atoms with E-state index in [1.54, 1.807) is 0 Å². The predicted molar refractivity (Wildman–Crippen MR) is 56.4 cm³/mol. The normalized spacial score (nSPS) is 10.6. The molecule has 0 aliphatic carbocycles. The van der Waals surface area contributed by atoms with Crippen LogP contribution in [-0.4, -0.2) is 32.0 Å². The molecule has 0 aliphatic rings. The zero-order valence-electron chi connectivity index (χ0n) is 9.38. The Morgan fingerprint density at radius 2 is 2.06 bits per heavy atom. The average Bonchev–Trinajstić information content (AvgIpc) is 2.30. The number of nitrogens with zero attached hydrogens (tertiary/aromatic N) is 1. The van der Waals surface area contributed by atoms with E-state index in [2.05, 4.69) is 0 Å². The van der Waals surface area contributed by atoms with Gasteiger partial charge in [0.2, 0.25) is 5.82 Å². The highest BCUT2D eigenvalue weighted by molar-refractivity contribution is 5.37. The SMILES string of the molecule is COC(COc1ccc([N+](=O)[O-])c(F)c1)OC. The van der Waals surface area contributed by atoms with Gasteiger partial charge in [-0.05, 0) is 6.07 Å². The van der Waals surface area contributed by atoms with Crippen LogP contribution in [0.15, 0.2) is 18.2 Å². The lowest BCUT2D eigenvalue weighted by Crippen LogP contribution is -2.22. The highest BCUT2D eigenvalue weighted by Gasteiger charge is 2.15. The summed E-state index contributed by atoms with van der Waals surface area (Å²) in [6.45, 7) is 0.0598. The summed E-state index contributed by atoms with van der Waals surface area (Å²) in [4.78, 5) is 9.58. The topological polar surface area (TPSA) is 70.8 Å². The van der Waals surface area contributed by atoms with Crippen molar-refractivity contribution in [2.75, 3.05) is 20.8 Å². The summed E-state index contributed by atoms with van der Waals surface area (Å²) in [5.41, 5.74) is -0.590. The Labute approximate surface area is 97.1 Å². The third-order valence-electron chi connectivity index (χ3n) is 2.03. The molecular formula is C10H12FNO5. The van der Waals surface area contributed by atoms with Gasteiger partial charge in [0, 0.05) is 26.4 Å². The molecule has 0 unspecified atom stereocenters. The average molecular weight is 245 g/mol. The molecule has 0 saturated heterocycles. The number of ether oxygens (including phenoxy) is 3. The molecule has 0 heterocycles. The van der Waals surface area contributed by atoms with E-state index < -0.39 is 22.7 Å². The van der Waals surface area contributed by atoms with E-state index >= 15 is 0 Å². The molecule has 0 radical (unpaired) electrons. The molecule has 0 bridgehead atoms. The van der Waals surface area contributed by atoms with Crippen molar-refractivity contribution in [2.45, 2.75) is 6.29 Å². The maximum absolute atomic E-state index is 13.2. The number of hydrogen-bond donors (Lipinski definition) is 0. The minimum atomic E-state index is -0.945. The van der Waals surface area contributed by atoms with Crippen LogP contribution < -0.4 is 4.74 Å². The molecule has 1 rings (SSSR count). The van der Waals surface area contributed by atoms with Gasteiger partial charge in [-0.25, -0.2) is 0 Å². The predicted octanol–water partition coefficient (Wildman–Crippen LogP) is 1.73. The molecule has 0 atom stereocenters. The maximum Gasteiger partial charge on any atom is 0.305 e. The molecule has 0 saturated carbocycles. The molecule has 0 amide bonds. The van der Waals surface area contributed by atoms with Crippen LogP contribution in [0.1, 0.15) is 0 Å². The monoisotopic (exact) mass is 245 g/mol. The third kappa shape index (κ3) is 3.65. The zero-order chi connectivity index (χ0) is 12.8. The lowest BCUT2D eigenvalue weighted by atomic mass is 10.3. The molecule has 94 valence electrons. The van der Waals surface area contributed by atoms with E-state index in [0.29, 0.717) is 0 Å². The van der Waals surface area contributed by atoms with Crippen LogP contribution in [0.3, 0.4) is 0 Å². The standard InChI is InChI=1S/C10H12FNO5/c1-15-10(16-2)6-17-7-3-4-9(12(13)14)8(11)5-7/h3-5,10H,6H2,1-2H3. The molecular weight excluding hydrogens is 233 g/mol. The van der Waals surface area contributed by atoms with Crippen molar-refractivity contribution in [2.24, 2.45) is 0 Å². The quantitative estimate of drug-likeness (QED) is 0.433. The number of hydrogen-bond acceptors (Lipinski definition) is 5.